The van der Waals surface area contributed by atoms with Crippen LogP contribution in [0.1, 0.15) is 19.3 Å². The van der Waals surface area contributed by atoms with Gasteiger partial charge in [-0.3, -0.25) is 14.8 Å². The van der Waals surface area contributed by atoms with Gasteiger partial charge in [0.2, 0.25) is 0 Å². The van der Waals surface area contributed by atoms with E-state index in [2.05, 4.69) is 27.0 Å². The predicted molar refractivity (Wildman–Crippen MR) is 56.0 cm³/mol. The van der Waals surface area contributed by atoms with E-state index in [-0.39, 0.29) is 0 Å². The van der Waals surface area contributed by atoms with Gasteiger partial charge in [0.05, 0.1) is 12.4 Å². The van der Waals surface area contributed by atoms with Gasteiger partial charge in [0.15, 0.2) is 0 Å². The van der Waals surface area contributed by atoms with Gasteiger partial charge in [0.25, 0.3) is 0 Å². The van der Waals surface area contributed by atoms with Crippen LogP contribution in [0.5, 0.6) is 0 Å². The van der Waals surface area contributed by atoms with Gasteiger partial charge < -0.3 is 0 Å². The van der Waals surface area contributed by atoms with Crippen molar-refractivity contribution < 1.29 is 0 Å². The molecule has 0 aromatic rings. The molecule has 0 bridgehead atoms. The quantitative estimate of drug-likeness (QED) is 0.556. The van der Waals surface area contributed by atoms with E-state index in [1.807, 2.05) is 0 Å². The number of piperidine rings is 1. The second-order valence-electron chi connectivity index (χ2n) is 4.57. The van der Waals surface area contributed by atoms with Crippen molar-refractivity contribution in [2.75, 3.05) is 33.4 Å². The Balaban J connectivity index is 1.92. The van der Waals surface area contributed by atoms with Crippen molar-refractivity contribution in [3.63, 3.8) is 0 Å². The summed E-state index contributed by atoms with van der Waals surface area (Å²) in [6.45, 7) is 4.78. The number of rotatable bonds is 0. The fourth-order valence-corrected chi connectivity index (χ4v) is 2.96. The van der Waals surface area contributed by atoms with E-state index in [1.165, 1.54) is 44.6 Å². The Morgan fingerprint density at radius 3 is 2.86 bits per heavy atom. The van der Waals surface area contributed by atoms with Gasteiger partial charge in [0, 0.05) is 26.7 Å². The number of hydrogen-bond acceptors (Lipinski definition) is 4. The fourth-order valence-electron chi connectivity index (χ4n) is 2.96. The second-order valence-corrected chi connectivity index (χ2v) is 4.57. The summed E-state index contributed by atoms with van der Waals surface area (Å²) in [7, 11) is 2.08. The monoisotopic (exact) mass is 194 g/mol. The molecule has 14 heavy (non-hydrogen) atoms. The van der Waals surface area contributed by atoms with Crippen LogP contribution in [0.4, 0.5) is 0 Å². The standard InChI is InChI=1S/C10H18N4/c1-12-8-14-7-3-6-13-5-2-4-9(11-12)10(13)14/h10H,2-8H2,1H3/t10-/m0/s1. The highest BCUT2D eigenvalue weighted by Crippen LogP contribution is 2.25. The van der Waals surface area contributed by atoms with Crippen molar-refractivity contribution >= 4 is 5.71 Å². The summed E-state index contributed by atoms with van der Waals surface area (Å²) in [5.74, 6) is 0. The van der Waals surface area contributed by atoms with Crippen molar-refractivity contribution in [1.29, 1.82) is 0 Å². The number of hydrogen-bond donors (Lipinski definition) is 0. The Hall–Kier alpha value is -0.610. The molecule has 0 aromatic heterocycles. The Morgan fingerprint density at radius 2 is 1.93 bits per heavy atom. The highest BCUT2D eigenvalue weighted by Gasteiger charge is 2.38. The first-order valence-electron chi connectivity index (χ1n) is 5.61. The first-order valence-corrected chi connectivity index (χ1v) is 5.61. The van der Waals surface area contributed by atoms with Gasteiger partial charge in [-0.15, -0.1) is 0 Å². The largest absolute Gasteiger partial charge is 0.286 e. The van der Waals surface area contributed by atoms with E-state index in [1.54, 1.807) is 0 Å². The normalized spacial score (nSPS) is 33.9. The summed E-state index contributed by atoms with van der Waals surface area (Å²) in [4.78, 5) is 5.16. The molecule has 0 unspecified atom stereocenters. The summed E-state index contributed by atoms with van der Waals surface area (Å²) < 4.78 is 0. The highest BCUT2D eigenvalue weighted by atomic mass is 15.6. The zero-order valence-electron chi connectivity index (χ0n) is 8.82. The third kappa shape index (κ3) is 1.25. The molecule has 0 radical (unpaired) electrons. The van der Waals surface area contributed by atoms with E-state index in [0.717, 1.165) is 6.67 Å². The molecule has 78 valence electrons. The zero-order valence-corrected chi connectivity index (χ0v) is 8.82. The van der Waals surface area contributed by atoms with Gasteiger partial charge in [-0.2, -0.15) is 5.10 Å². The van der Waals surface area contributed by atoms with Gasteiger partial charge >= 0.3 is 0 Å². The predicted octanol–water partition coefficient (Wildman–Crippen LogP) is 0.373. The fraction of sp³-hybridized carbons (Fsp3) is 0.900. The molecular weight excluding hydrogens is 176 g/mol. The summed E-state index contributed by atoms with van der Waals surface area (Å²) >= 11 is 0. The van der Waals surface area contributed by atoms with E-state index in [4.69, 9.17) is 0 Å². The van der Waals surface area contributed by atoms with Crippen LogP contribution in [0.2, 0.25) is 0 Å². The topological polar surface area (TPSA) is 22.1 Å². The summed E-state index contributed by atoms with van der Waals surface area (Å²) in [5, 5.41) is 6.74. The van der Waals surface area contributed by atoms with Crippen LogP contribution in [0.25, 0.3) is 0 Å². The van der Waals surface area contributed by atoms with Crippen molar-refractivity contribution in [3.8, 4) is 0 Å². The SMILES string of the molecule is CN1CN2CCCN3CCCC(=N1)[C@@H]32. The smallest absolute Gasteiger partial charge is 0.105 e. The van der Waals surface area contributed by atoms with Crippen LogP contribution in [0.15, 0.2) is 5.10 Å². The maximum Gasteiger partial charge on any atom is 0.105 e. The molecule has 0 aliphatic carbocycles. The van der Waals surface area contributed by atoms with Crippen molar-refractivity contribution in [3.05, 3.63) is 0 Å². The molecule has 4 nitrogen and oxygen atoms in total. The molecule has 3 aliphatic heterocycles. The average molecular weight is 194 g/mol. The Kier molecular flexibility index (Phi) is 1.99. The molecule has 0 saturated carbocycles. The summed E-state index contributed by atoms with van der Waals surface area (Å²) in [6.07, 6.45) is 4.35. The third-order valence-electron chi connectivity index (χ3n) is 3.44. The van der Waals surface area contributed by atoms with Crippen LogP contribution in [-0.2, 0) is 0 Å². The molecule has 2 saturated heterocycles. The summed E-state index contributed by atoms with van der Waals surface area (Å²) in [5.41, 5.74) is 1.39. The van der Waals surface area contributed by atoms with E-state index < -0.39 is 0 Å². The first kappa shape index (κ1) is 8.68. The maximum atomic E-state index is 4.65. The average Bonchev–Trinajstić information content (AvgIpc) is 2.18. The minimum atomic E-state index is 0.550. The van der Waals surface area contributed by atoms with Crippen molar-refractivity contribution in [2.45, 2.75) is 25.4 Å². The van der Waals surface area contributed by atoms with Gasteiger partial charge in [0.1, 0.15) is 6.17 Å². The molecule has 3 heterocycles. The van der Waals surface area contributed by atoms with Crippen LogP contribution in [-0.4, -0.2) is 60.0 Å². The molecule has 0 spiro atoms. The van der Waals surface area contributed by atoms with Crippen LogP contribution in [0, 0.1) is 0 Å². The van der Waals surface area contributed by atoms with E-state index in [9.17, 15) is 0 Å². The molecule has 3 rings (SSSR count). The van der Waals surface area contributed by atoms with Crippen LogP contribution >= 0.6 is 0 Å². The lowest BCUT2D eigenvalue weighted by Crippen LogP contribution is -2.63. The van der Waals surface area contributed by atoms with Gasteiger partial charge in [-0.05, 0) is 19.3 Å². The van der Waals surface area contributed by atoms with Crippen molar-refractivity contribution in [2.24, 2.45) is 5.10 Å². The van der Waals surface area contributed by atoms with E-state index >= 15 is 0 Å². The minimum absolute atomic E-state index is 0.550. The van der Waals surface area contributed by atoms with Crippen LogP contribution in [0.3, 0.4) is 0 Å². The first-order chi connectivity index (χ1) is 6.84. The molecule has 3 aliphatic rings. The Morgan fingerprint density at radius 1 is 1.14 bits per heavy atom. The van der Waals surface area contributed by atoms with Crippen LogP contribution < -0.4 is 0 Å². The highest BCUT2D eigenvalue weighted by molar-refractivity contribution is 5.90. The lowest BCUT2D eigenvalue weighted by Gasteiger charge is -2.50. The van der Waals surface area contributed by atoms with Gasteiger partial charge in [-0.1, -0.05) is 0 Å². The minimum Gasteiger partial charge on any atom is -0.286 e. The molecule has 0 N–H and O–H groups in total. The number of nitrogens with zero attached hydrogens (tertiary/aromatic N) is 4. The molecule has 4 heteroatoms. The van der Waals surface area contributed by atoms with Crippen molar-refractivity contribution in [1.82, 2.24) is 14.8 Å². The third-order valence-corrected chi connectivity index (χ3v) is 3.44. The molecule has 1 atom stereocenters. The maximum absolute atomic E-state index is 4.65. The zero-order chi connectivity index (χ0) is 9.54. The Bertz CT molecular complexity index is 261. The molecule has 2 fully saturated rings. The molecular formula is C10H18N4. The number of hydrazone groups is 1. The lowest BCUT2D eigenvalue weighted by atomic mass is 10.0. The molecule has 0 aromatic carbocycles. The Labute approximate surface area is 85.2 Å². The van der Waals surface area contributed by atoms with E-state index in [0.29, 0.717) is 6.17 Å². The second kappa shape index (κ2) is 3.21. The lowest BCUT2D eigenvalue weighted by molar-refractivity contribution is -0.0102. The molecule has 0 amide bonds. The van der Waals surface area contributed by atoms with Gasteiger partial charge in [-0.25, -0.2) is 0 Å². The summed E-state index contributed by atoms with van der Waals surface area (Å²) in [6, 6.07) is 0.